The molecule has 0 aliphatic heterocycles. The second kappa shape index (κ2) is 6.08. The van der Waals surface area contributed by atoms with Gasteiger partial charge in [-0.05, 0) is 24.0 Å². The number of benzene rings is 1. The molecule has 1 aromatic carbocycles. The normalized spacial score (nSPS) is 17.0. The number of hydrogen-bond donors (Lipinski definition) is 1. The maximum Gasteiger partial charge on any atom is 0.405 e. The van der Waals surface area contributed by atoms with Crippen LogP contribution in [-0.2, 0) is 6.42 Å². The Hall–Kier alpha value is -2.16. The van der Waals surface area contributed by atoms with Gasteiger partial charge in [0.05, 0.1) is 12.6 Å². The molecule has 0 fully saturated rings. The van der Waals surface area contributed by atoms with Gasteiger partial charge in [0.1, 0.15) is 6.54 Å². The van der Waals surface area contributed by atoms with Crippen molar-refractivity contribution in [3.63, 3.8) is 0 Å². The van der Waals surface area contributed by atoms with Crippen LogP contribution >= 0.6 is 0 Å². The van der Waals surface area contributed by atoms with Crippen LogP contribution in [0.4, 0.5) is 18.0 Å². The predicted octanol–water partition coefficient (Wildman–Crippen LogP) is 2.88. The molecule has 0 saturated carbocycles. The van der Waals surface area contributed by atoms with Crippen LogP contribution < -0.4 is 5.32 Å². The third kappa shape index (κ3) is 3.69. The lowest BCUT2D eigenvalue weighted by Crippen LogP contribution is -2.45. The average Bonchev–Trinajstić information content (AvgIpc) is 2.85. The van der Waals surface area contributed by atoms with Crippen molar-refractivity contribution in [1.82, 2.24) is 10.2 Å². The van der Waals surface area contributed by atoms with Gasteiger partial charge in [0.25, 0.3) is 0 Å². The number of alkyl halides is 3. The van der Waals surface area contributed by atoms with Gasteiger partial charge in [-0.2, -0.15) is 13.2 Å². The molecule has 2 rings (SSSR count). The Bertz CT molecular complexity index is 563. The number of urea groups is 1. The maximum atomic E-state index is 12.2. The van der Waals surface area contributed by atoms with Crippen LogP contribution in [0.1, 0.15) is 23.6 Å². The molecule has 0 unspecified atom stereocenters. The van der Waals surface area contributed by atoms with Gasteiger partial charge in [-0.3, -0.25) is 0 Å². The lowest BCUT2D eigenvalue weighted by molar-refractivity contribution is -0.123. The van der Waals surface area contributed by atoms with Gasteiger partial charge in [0.2, 0.25) is 0 Å². The molecule has 2 amide bonds. The van der Waals surface area contributed by atoms with E-state index in [1.54, 1.807) is 0 Å². The van der Waals surface area contributed by atoms with Crippen molar-refractivity contribution < 1.29 is 18.0 Å². The van der Waals surface area contributed by atoms with Crippen LogP contribution in [-0.4, -0.2) is 30.2 Å². The summed E-state index contributed by atoms with van der Waals surface area (Å²) in [5.41, 5.74) is 2.06. The Balaban J connectivity index is 2.13. The van der Waals surface area contributed by atoms with Crippen molar-refractivity contribution >= 4 is 6.03 Å². The fourth-order valence-electron chi connectivity index (χ4n) is 2.56. The summed E-state index contributed by atoms with van der Waals surface area (Å²) in [6.07, 6.45) is 2.26. The van der Waals surface area contributed by atoms with Crippen LogP contribution in [0.15, 0.2) is 24.3 Å². The topological polar surface area (TPSA) is 32.3 Å². The Morgan fingerprint density at radius 3 is 2.81 bits per heavy atom. The first-order valence-corrected chi connectivity index (χ1v) is 6.55. The molecule has 0 aromatic heterocycles. The van der Waals surface area contributed by atoms with Crippen molar-refractivity contribution in [1.29, 1.82) is 0 Å². The van der Waals surface area contributed by atoms with E-state index in [4.69, 9.17) is 6.42 Å². The van der Waals surface area contributed by atoms with Crippen molar-refractivity contribution in [2.24, 2.45) is 0 Å². The minimum absolute atomic E-state index is 0.0251. The van der Waals surface area contributed by atoms with Crippen molar-refractivity contribution in [2.75, 3.05) is 13.1 Å². The van der Waals surface area contributed by atoms with Crippen LogP contribution in [0, 0.1) is 12.3 Å². The Kier molecular flexibility index (Phi) is 4.41. The van der Waals surface area contributed by atoms with Crippen LogP contribution in [0.5, 0.6) is 0 Å². The SMILES string of the molecule is C#CCN(C(=O)NCC(F)(F)F)[C@@H]1CCc2ccccc21. The number of carbonyl (C=O) groups is 1. The smallest absolute Gasteiger partial charge is 0.329 e. The molecule has 6 heteroatoms. The highest BCUT2D eigenvalue weighted by Gasteiger charge is 2.33. The van der Waals surface area contributed by atoms with Gasteiger partial charge >= 0.3 is 12.2 Å². The van der Waals surface area contributed by atoms with Crippen molar-refractivity contribution in [3.8, 4) is 12.3 Å². The Labute approximate surface area is 121 Å². The number of carbonyl (C=O) groups excluding carboxylic acids is 1. The van der Waals surface area contributed by atoms with Crippen molar-refractivity contribution in [3.05, 3.63) is 35.4 Å². The molecule has 0 radical (unpaired) electrons. The van der Waals surface area contributed by atoms with Gasteiger partial charge in [-0.1, -0.05) is 30.2 Å². The number of nitrogens with zero attached hydrogens (tertiary/aromatic N) is 1. The minimum Gasteiger partial charge on any atom is -0.329 e. The predicted molar refractivity (Wildman–Crippen MR) is 72.5 cm³/mol. The van der Waals surface area contributed by atoms with Crippen LogP contribution in [0.25, 0.3) is 0 Å². The van der Waals surface area contributed by atoms with E-state index in [1.807, 2.05) is 29.6 Å². The molecule has 1 N–H and O–H groups in total. The molecule has 1 atom stereocenters. The Morgan fingerprint density at radius 1 is 1.43 bits per heavy atom. The van der Waals surface area contributed by atoms with Gasteiger partial charge in [0, 0.05) is 0 Å². The maximum absolute atomic E-state index is 12.2. The van der Waals surface area contributed by atoms with Crippen LogP contribution in [0.2, 0.25) is 0 Å². The summed E-state index contributed by atoms with van der Waals surface area (Å²) < 4.78 is 36.6. The van der Waals surface area contributed by atoms with Gasteiger partial charge in [0.15, 0.2) is 0 Å². The van der Waals surface area contributed by atoms with Crippen molar-refractivity contribution in [2.45, 2.75) is 25.1 Å². The van der Waals surface area contributed by atoms with E-state index in [0.29, 0.717) is 6.42 Å². The molecule has 112 valence electrons. The monoisotopic (exact) mass is 296 g/mol. The molecule has 1 aliphatic carbocycles. The first kappa shape index (κ1) is 15.2. The number of halogens is 3. The van der Waals surface area contributed by atoms with Gasteiger partial charge in [-0.15, -0.1) is 6.42 Å². The summed E-state index contributed by atoms with van der Waals surface area (Å²) in [6.45, 7) is -1.38. The zero-order valence-corrected chi connectivity index (χ0v) is 11.3. The molecule has 0 heterocycles. The third-order valence-corrected chi connectivity index (χ3v) is 3.44. The number of nitrogens with one attached hydrogen (secondary N) is 1. The van der Waals surface area contributed by atoms with Crippen LogP contribution in [0.3, 0.4) is 0 Å². The largest absolute Gasteiger partial charge is 0.405 e. The number of hydrogen-bond acceptors (Lipinski definition) is 1. The molecular formula is C15H15F3N2O. The molecule has 0 bridgehead atoms. The summed E-state index contributed by atoms with van der Waals surface area (Å²) in [5, 5.41) is 1.88. The molecule has 0 spiro atoms. The number of amides is 2. The summed E-state index contributed by atoms with van der Waals surface area (Å²) in [6, 6.07) is 6.53. The van der Waals surface area contributed by atoms with E-state index < -0.39 is 18.8 Å². The Morgan fingerprint density at radius 2 is 2.14 bits per heavy atom. The number of terminal acetylenes is 1. The molecule has 3 nitrogen and oxygen atoms in total. The highest BCUT2D eigenvalue weighted by molar-refractivity contribution is 5.75. The van der Waals surface area contributed by atoms with E-state index in [9.17, 15) is 18.0 Å². The number of fused-ring (bicyclic) bond motifs is 1. The lowest BCUT2D eigenvalue weighted by atomic mass is 10.1. The molecule has 1 aliphatic rings. The van der Waals surface area contributed by atoms with E-state index >= 15 is 0 Å². The standard InChI is InChI=1S/C15H15F3N2O/c1-2-9-20(14(21)19-10-15(16,17)18)13-8-7-11-5-3-4-6-12(11)13/h1,3-6,13H,7-10H2,(H,19,21)/t13-/m1/s1. The second-order valence-electron chi connectivity index (χ2n) is 4.86. The number of rotatable bonds is 3. The third-order valence-electron chi connectivity index (χ3n) is 3.44. The minimum atomic E-state index is -4.44. The van der Waals surface area contributed by atoms with Gasteiger partial charge < -0.3 is 10.2 Å². The molecule has 1 aromatic rings. The highest BCUT2D eigenvalue weighted by atomic mass is 19.4. The average molecular weight is 296 g/mol. The quantitative estimate of drug-likeness (QED) is 0.855. The summed E-state index contributed by atoms with van der Waals surface area (Å²) >= 11 is 0. The summed E-state index contributed by atoms with van der Waals surface area (Å²) in [7, 11) is 0. The van der Waals surface area contributed by atoms with E-state index in [-0.39, 0.29) is 12.6 Å². The number of aryl methyl sites for hydroxylation is 1. The first-order valence-electron chi connectivity index (χ1n) is 6.55. The zero-order valence-electron chi connectivity index (χ0n) is 11.3. The van der Waals surface area contributed by atoms with E-state index in [0.717, 1.165) is 17.5 Å². The first-order chi connectivity index (χ1) is 9.92. The zero-order chi connectivity index (χ0) is 15.5. The fraction of sp³-hybridized carbons (Fsp3) is 0.400. The summed E-state index contributed by atoms with van der Waals surface area (Å²) in [5.74, 6) is 2.34. The molecular weight excluding hydrogens is 281 g/mol. The lowest BCUT2D eigenvalue weighted by Gasteiger charge is -2.28. The van der Waals surface area contributed by atoms with Gasteiger partial charge in [-0.25, -0.2) is 4.79 Å². The fourth-order valence-corrected chi connectivity index (χ4v) is 2.56. The molecule has 21 heavy (non-hydrogen) atoms. The highest BCUT2D eigenvalue weighted by Crippen LogP contribution is 2.35. The molecule has 0 saturated heterocycles. The summed E-state index contributed by atoms with van der Waals surface area (Å²) in [4.78, 5) is 13.3. The second-order valence-corrected chi connectivity index (χ2v) is 4.86. The van der Waals surface area contributed by atoms with E-state index in [2.05, 4.69) is 5.92 Å². The van der Waals surface area contributed by atoms with E-state index in [1.165, 1.54) is 4.90 Å².